The van der Waals surface area contributed by atoms with E-state index >= 15 is 0 Å². The SMILES string of the molecule is CC(C)(C)OC(=O)NC1(CO)CCCCN(C(=O)OC(C)(C)C)C1. The summed E-state index contributed by atoms with van der Waals surface area (Å²) in [5.74, 6) is 0. The van der Waals surface area contributed by atoms with Crippen LogP contribution in [0.3, 0.4) is 0 Å². The topological polar surface area (TPSA) is 88.1 Å². The number of rotatable bonds is 2. The maximum Gasteiger partial charge on any atom is 0.410 e. The van der Waals surface area contributed by atoms with Crippen LogP contribution in [-0.4, -0.2) is 58.6 Å². The zero-order valence-electron chi connectivity index (χ0n) is 15.8. The van der Waals surface area contributed by atoms with Gasteiger partial charge in [-0.1, -0.05) is 0 Å². The van der Waals surface area contributed by atoms with Crippen LogP contribution in [-0.2, 0) is 9.47 Å². The number of nitrogens with one attached hydrogen (secondary N) is 1. The number of likely N-dealkylation sites (tertiary alicyclic amines) is 1. The van der Waals surface area contributed by atoms with Gasteiger partial charge in [-0.15, -0.1) is 0 Å². The molecular weight excluding hydrogens is 312 g/mol. The Morgan fingerprint density at radius 3 is 2.17 bits per heavy atom. The first kappa shape index (κ1) is 20.5. The highest BCUT2D eigenvalue weighted by molar-refractivity contribution is 5.70. The molecule has 140 valence electrons. The second-order valence-corrected chi connectivity index (χ2v) is 8.42. The van der Waals surface area contributed by atoms with E-state index < -0.39 is 28.9 Å². The second kappa shape index (κ2) is 7.59. The normalized spacial score (nSPS) is 22.5. The van der Waals surface area contributed by atoms with Crippen LogP contribution in [0.25, 0.3) is 0 Å². The first-order valence-electron chi connectivity index (χ1n) is 8.46. The Hall–Kier alpha value is -1.50. The van der Waals surface area contributed by atoms with Crippen LogP contribution in [0.15, 0.2) is 0 Å². The standard InChI is InChI=1S/C17H32N2O5/c1-15(2,3)23-13(21)18-17(12-20)9-7-8-10-19(11-17)14(22)24-16(4,5)6/h20H,7-12H2,1-6H3,(H,18,21). The largest absolute Gasteiger partial charge is 0.444 e. The summed E-state index contributed by atoms with van der Waals surface area (Å²) in [5.41, 5.74) is -2.14. The third-order valence-electron chi connectivity index (χ3n) is 3.55. The van der Waals surface area contributed by atoms with Crippen LogP contribution in [0.2, 0.25) is 0 Å². The van der Waals surface area contributed by atoms with Gasteiger partial charge in [-0.2, -0.15) is 0 Å². The van der Waals surface area contributed by atoms with Gasteiger partial charge in [-0.05, 0) is 60.8 Å². The minimum absolute atomic E-state index is 0.192. The van der Waals surface area contributed by atoms with Crippen LogP contribution in [0.5, 0.6) is 0 Å². The van der Waals surface area contributed by atoms with Crippen molar-refractivity contribution in [2.24, 2.45) is 0 Å². The number of hydrogen-bond acceptors (Lipinski definition) is 5. The third kappa shape index (κ3) is 6.95. The molecule has 0 aliphatic carbocycles. The van der Waals surface area contributed by atoms with E-state index in [1.807, 2.05) is 0 Å². The summed E-state index contributed by atoms with van der Waals surface area (Å²) in [6.45, 7) is 11.2. The fourth-order valence-corrected chi connectivity index (χ4v) is 2.56. The zero-order chi connectivity index (χ0) is 18.6. The van der Waals surface area contributed by atoms with Crippen LogP contribution >= 0.6 is 0 Å². The summed E-state index contributed by atoms with van der Waals surface area (Å²) >= 11 is 0. The molecule has 1 rings (SSSR count). The Labute approximate surface area is 144 Å². The molecule has 1 saturated heterocycles. The van der Waals surface area contributed by atoms with Gasteiger partial charge in [0.1, 0.15) is 11.2 Å². The predicted molar refractivity (Wildman–Crippen MR) is 90.8 cm³/mol. The smallest absolute Gasteiger partial charge is 0.410 e. The van der Waals surface area contributed by atoms with Crippen LogP contribution in [0.4, 0.5) is 9.59 Å². The van der Waals surface area contributed by atoms with Gasteiger partial charge >= 0.3 is 12.2 Å². The van der Waals surface area contributed by atoms with Crippen molar-refractivity contribution in [1.29, 1.82) is 0 Å². The van der Waals surface area contributed by atoms with Crippen molar-refractivity contribution >= 4 is 12.2 Å². The first-order chi connectivity index (χ1) is 10.9. The lowest BCUT2D eigenvalue weighted by molar-refractivity contribution is 0.0119. The maximum atomic E-state index is 12.4. The molecule has 0 aromatic rings. The van der Waals surface area contributed by atoms with E-state index in [4.69, 9.17) is 9.47 Å². The van der Waals surface area contributed by atoms with Crippen LogP contribution in [0, 0.1) is 0 Å². The summed E-state index contributed by atoms with van der Waals surface area (Å²) in [6.07, 6.45) is 1.12. The Bertz CT molecular complexity index is 453. The van der Waals surface area contributed by atoms with Gasteiger partial charge < -0.3 is 24.8 Å². The first-order valence-corrected chi connectivity index (χ1v) is 8.46. The molecule has 1 aliphatic heterocycles. The van der Waals surface area contributed by atoms with Crippen molar-refractivity contribution in [1.82, 2.24) is 10.2 Å². The molecule has 0 saturated carbocycles. The van der Waals surface area contributed by atoms with Crippen molar-refractivity contribution < 1.29 is 24.2 Å². The van der Waals surface area contributed by atoms with Crippen molar-refractivity contribution in [3.63, 3.8) is 0 Å². The molecule has 0 aromatic heterocycles. The molecule has 0 radical (unpaired) electrons. The van der Waals surface area contributed by atoms with Gasteiger partial charge in [0.25, 0.3) is 0 Å². The van der Waals surface area contributed by atoms with E-state index in [0.29, 0.717) is 13.0 Å². The molecule has 1 unspecified atom stereocenters. The molecule has 1 atom stereocenters. The number of carbonyl (C=O) groups excluding carboxylic acids is 2. The minimum atomic E-state index is -0.921. The van der Waals surface area contributed by atoms with Gasteiger partial charge in [0.05, 0.1) is 12.1 Å². The molecule has 1 aliphatic rings. The minimum Gasteiger partial charge on any atom is -0.444 e. The number of aliphatic hydroxyl groups is 1. The highest BCUT2D eigenvalue weighted by Gasteiger charge is 2.38. The third-order valence-corrected chi connectivity index (χ3v) is 3.55. The molecule has 24 heavy (non-hydrogen) atoms. The van der Waals surface area contributed by atoms with E-state index in [2.05, 4.69) is 5.32 Å². The summed E-state index contributed by atoms with van der Waals surface area (Å²) < 4.78 is 10.7. The number of aliphatic hydroxyl groups excluding tert-OH is 1. The maximum absolute atomic E-state index is 12.4. The molecule has 0 aromatic carbocycles. The molecule has 2 amide bonds. The number of alkyl carbamates (subject to hydrolysis) is 1. The van der Waals surface area contributed by atoms with E-state index in [0.717, 1.165) is 12.8 Å². The van der Waals surface area contributed by atoms with Gasteiger partial charge in [0.2, 0.25) is 0 Å². The van der Waals surface area contributed by atoms with Gasteiger partial charge in [0, 0.05) is 13.1 Å². The van der Waals surface area contributed by atoms with Crippen molar-refractivity contribution in [3.8, 4) is 0 Å². The number of nitrogens with zero attached hydrogens (tertiary/aromatic N) is 1. The summed E-state index contributed by atoms with van der Waals surface area (Å²) in [5, 5.41) is 12.7. The fourth-order valence-electron chi connectivity index (χ4n) is 2.56. The molecule has 1 fully saturated rings. The van der Waals surface area contributed by atoms with Gasteiger partial charge in [0.15, 0.2) is 0 Å². The molecule has 0 bridgehead atoms. The summed E-state index contributed by atoms with van der Waals surface area (Å²) in [6, 6.07) is 0. The zero-order valence-corrected chi connectivity index (χ0v) is 15.8. The lowest BCUT2D eigenvalue weighted by Crippen LogP contribution is -2.59. The molecule has 7 heteroatoms. The van der Waals surface area contributed by atoms with E-state index in [1.165, 1.54) is 0 Å². The quantitative estimate of drug-likeness (QED) is 0.804. The molecule has 2 N–H and O–H groups in total. The lowest BCUT2D eigenvalue weighted by atomic mass is 9.94. The Morgan fingerprint density at radius 2 is 1.67 bits per heavy atom. The Balaban J connectivity index is 2.84. The highest BCUT2D eigenvalue weighted by atomic mass is 16.6. The van der Waals surface area contributed by atoms with Crippen molar-refractivity contribution in [2.75, 3.05) is 19.7 Å². The molecule has 7 nitrogen and oxygen atoms in total. The fraction of sp³-hybridized carbons (Fsp3) is 0.882. The van der Waals surface area contributed by atoms with E-state index in [-0.39, 0.29) is 13.2 Å². The average molecular weight is 344 g/mol. The Kier molecular flexibility index (Phi) is 6.50. The average Bonchev–Trinajstić information content (AvgIpc) is 2.57. The van der Waals surface area contributed by atoms with E-state index in [1.54, 1.807) is 46.4 Å². The molecular formula is C17H32N2O5. The molecule has 1 heterocycles. The van der Waals surface area contributed by atoms with Crippen LogP contribution < -0.4 is 5.32 Å². The van der Waals surface area contributed by atoms with Gasteiger partial charge in [-0.25, -0.2) is 9.59 Å². The van der Waals surface area contributed by atoms with Crippen LogP contribution in [0.1, 0.15) is 60.8 Å². The van der Waals surface area contributed by atoms with E-state index in [9.17, 15) is 14.7 Å². The monoisotopic (exact) mass is 344 g/mol. The van der Waals surface area contributed by atoms with Gasteiger partial charge in [-0.3, -0.25) is 0 Å². The number of amides is 2. The number of hydrogen-bond donors (Lipinski definition) is 2. The number of ether oxygens (including phenoxy) is 2. The van der Waals surface area contributed by atoms with Crippen molar-refractivity contribution in [2.45, 2.75) is 77.5 Å². The molecule has 0 spiro atoms. The summed E-state index contributed by atoms with van der Waals surface area (Å²) in [7, 11) is 0. The van der Waals surface area contributed by atoms with Crippen molar-refractivity contribution in [3.05, 3.63) is 0 Å². The predicted octanol–water partition coefficient (Wildman–Crippen LogP) is 2.66. The summed E-state index contributed by atoms with van der Waals surface area (Å²) in [4.78, 5) is 26.0. The number of carbonyl (C=O) groups is 2. The highest BCUT2D eigenvalue weighted by Crippen LogP contribution is 2.23. The second-order valence-electron chi connectivity index (χ2n) is 8.42. The lowest BCUT2D eigenvalue weighted by Gasteiger charge is -2.36. The Morgan fingerprint density at radius 1 is 1.08 bits per heavy atom.